The van der Waals surface area contributed by atoms with Crippen LogP contribution in [0.25, 0.3) is 27.4 Å². The Kier molecular flexibility index (Phi) is 5.58. The molecule has 0 fully saturated rings. The van der Waals surface area contributed by atoms with Gasteiger partial charge in [0.1, 0.15) is 6.26 Å². The number of thioether (sulfide) groups is 1. The molecular weight excluding hydrogens is 434 g/mol. The van der Waals surface area contributed by atoms with E-state index in [0.717, 1.165) is 16.1 Å². The summed E-state index contributed by atoms with van der Waals surface area (Å²) in [5, 5.41) is 12.0. The van der Waals surface area contributed by atoms with Gasteiger partial charge in [-0.05, 0) is 30.0 Å². The lowest BCUT2D eigenvalue weighted by atomic mass is 10.2. The van der Waals surface area contributed by atoms with Gasteiger partial charge >= 0.3 is 0 Å². The van der Waals surface area contributed by atoms with E-state index in [1.807, 2.05) is 46.2 Å². The third-order valence-corrected chi connectivity index (χ3v) is 6.66. The average molecular weight is 454 g/mol. The van der Waals surface area contributed by atoms with Crippen LogP contribution in [0.1, 0.15) is 12.1 Å². The second kappa shape index (κ2) is 8.66. The highest BCUT2D eigenvalue weighted by Gasteiger charge is 2.17. The number of para-hydroxylation sites is 1. The number of hydrogen-bond acceptors (Lipinski definition) is 8. The summed E-state index contributed by atoms with van der Waals surface area (Å²) >= 11 is 3.10. The van der Waals surface area contributed by atoms with Crippen molar-refractivity contribution in [3.8, 4) is 10.8 Å². The predicted octanol–water partition coefficient (Wildman–Crippen LogP) is 4.09. The van der Waals surface area contributed by atoms with Crippen LogP contribution in [0.5, 0.6) is 0 Å². The molecule has 0 unspecified atom stereocenters. The molecule has 0 radical (unpaired) electrons. The van der Waals surface area contributed by atoms with Gasteiger partial charge in [0.2, 0.25) is 11.7 Å². The van der Waals surface area contributed by atoms with Gasteiger partial charge in [-0.25, -0.2) is 4.98 Å². The van der Waals surface area contributed by atoms with Crippen molar-refractivity contribution in [1.82, 2.24) is 24.1 Å². The Hall–Kier alpha value is -2.95. The van der Waals surface area contributed by atoms with Crippen molar-refractivity contribution >= 4 is 39.8 Å². The van der Waals surface area contributed by atoms with Crippen molar-refractivity contribution in [3.05, 3.63) is 64.1 Å². The van der Waals surface area contributed by atoms with E-state index < -0.39 is 0 Å². The monoisotopic (exact) mass is 453 g/mol. The minimum absolute atomic E-state index is 0.0692. The molecule has 0 spiro atoms. The van der Waals surface area contributed by atoms with Crippen LogP contribution in [0.3, 0.4) is 0 Å². The molecule has 5 rings (SSSR count). The summed E-state index contributed by atoms with van der Waals surface area (Å²) in [5.74, 6) is 1.73. The predicted molar refractivity (Wildman–Crippen MR) is 121 cm³/mol. The van der Waals surface area contributed by atoms with Crippen LogP contribution < -0.4 is 5.56 Å². The van der Waals surface area contributed by atoms with Gasteiger partial charge in [0.15, 0.2) is 5.16 Å². The van der Waals surface area contributed by atoms with Gasteiger partial charge in [0.25, 0.3) is 5.56 Å². The lowest BCUT2D eigenvalue weighted by Crippen LogP contribution is -2.24. The normalized spacial score (nSPS) is 11.6. The molecule has 1 aromatic carbocycles. The molecule has 0 aliphatic carbocycles. The molecule has 8 nitrogen and oxygen atoms in total. The van der Waals surface area contributed by atoms with E-state index in [2.05, 4.69) is 15.2 Å². The van der Waals surface area contributed by atoms with E-state index in [9.17, 15) is 4.79 Å². The van der Waals surface area contributed by atoms with Crippen molar-refractivity contribution < 1.29 is 9.15 Å². The van der Waals surface area contributed by atoms with E-state index >= 15 is 0 Å². The SMILES string of the molecule is COCCCn1c(=O)c2ccccc2n2c(SCc3coc(-c4cccs4)n3)nnc12. The zero-order valence-corrected chi connectivity index (χ0v) is 18.4. The van der Waals surface area contributed by atoms with E-state index in [1.165, 1.54) is 11.8 Å². The summed E-state index contributed by atoms with van der Waals surface area (Å²) in [5.41, 5.74) is 1.54. The number of aryl methyl sites for hydroxylation is 1. The van der Waals surface area contributed by atoms with Crippen LogP contribution in [0.4, 0.5) is 0 Å². The Morgan fingerprint density at radius 1 is 1.19 bits per heavy atom. The minimum atomic E-state index is -0.0692. The Labute approximate surface area is 185 Å². The van der Waals surface area contributed by atoms with Gasteiger partial charge in [-0.1, -0.05) is 30.0 Å². The third-order valence-electron chi connectivity index (χ3n) is 4.84. The number of fused-ring (bicyclic) bond motifs is 3. The minimum Gasteiger partial charge on any atom is -0.444 e. The molecule has 0 aliphatic rings. The zero-order valence-electron chi connectivity index (χ0n) is 16.7. The summed E-state index contributed by atoms with van der Waals surface area (Å²) in [6.07, 6.45) is 2.38. The molecule has 4 aromatic heterocycles. The van der Waals surface area contributed by atoms with Crippen LogP contribution in [0.15, 0.2) is 62.4 Å². The van der Waals surface area contributed by atoms with Gasteiger partial charge in [-0.15, -0.1) is 21.5 Å². The fraction of sp³-hybridized carbons (Fsp3) is 0.238. The van der Waals surface area contributed by atoms with E-state index in [0.29, 0.717) is 47.5 Å². The maximum absolute atomic E-state index is 13.1. The fourth-order valence-electron chi connectivity index (χ4n) is 3.42. The molecule has 0 N–H and O–H groups in total. The van der Waals surface area contributed by atoms with Crippen LogP contribution in [0.2, 0.25) is 0 Å². The molecule has 0 atom stereocenters. The van der Waals surface area contributed by atoms with Crippen LogP contribution in [-0.2, 0) is 17.0 Å². The Morgan fingerprint density at radius 2 is 2.10 bits per heavy atom. The van der Waals surface area contributed by atoms with E-state index in [-0.39, 0.29) is 5.56 Å². The van der Waals surface area contributed by atoms with E-state index in [4.69, 9.17) is 9.15 Å². The molecule has 0 saturated heterocycles. The highest BCUT2D eigenvalue weighted by molar-refractivity contribution is 7.98. The molecule has 4 heterocycles. The largest absolute Gasteiger partial charge is 0.444 e. The van der Waals surface area contributed by atoms with E-state index in [1.54, 1.807) is 29.3 Å². The number of hydrogen-bond donors (Lipinski definition) is 0. The smallest absolute Gasteiger partial charge is 0.262 e. The van der Waals surface area contributed by atoms with Gasteiger partial charge in [0.05, 0.1) is 21.5 Å². The molecule has 0 aliphatic heterocycles. The summed E-state index contributed by atoms with van der Waals surface area (Å²) in [4.78, 5) is 18.6. The van der Waals surface area contributed by atoms with Gasteiger partial charge in [0, 0.05) is 26.0 Å². The Bertz CT molecular complexity index is 1390. The lowest BCUT2D eigenvalue weighted by Gasteiger charge is -2.10. The molecule has 0 amide bonds. The molecule has 0 saturated carbocycles. The van der Waals surface area contributed by atoms with Gasteiger partial charge in [-0.2, -0.15) is 0 Å². The van der Waals surface area contributed by atoms with Crippen LogP contribution in [-0.4, -0.2) is 37.9 Å². The second-order valence-electron chi connectivity index (χ2n) is 6.85. The quantitative estimate of drug-likeness (QED) is 0.258. The van der Waals surface area contributed by atoms with Gasteiger partial charge < -0.3 is 9.15 Å². The average Bonchev–Trinajstić information content (AvgIpc) is 3.55. The number of aromatic nitrogens is 5. The van der Waals surface area contributed by atoms with Crippen LogP contribution >= 0.6 is 23.1 Å². The number of benzene rings is 1. The highest BCUT2D eigenvalue weighted by Crippen LogP contribution is 2.28. The molecule has 31 heavy (non-hydrogen) atoms. The number of ether oxygens (including phenoxy) is 1. The fourth-order valence-corrected chi connectivity index (χ4v) is 4.89. The van der Waals surface area contributed by atoms with Crippen LogP contribution in [0, 0.1) is 0 Å². The Morgan fingerprint density at radius 3 is 2.94 bits per heavy atom. The maximum atomic E-state index is 13.1. The lowest BCUT2D eigenvalue weighted by molar-refractivity contribution is 0.190. The topological polar surface area (TPSA) is 87.5 Å². The summed E-state index contributed by atoms with van der Waals surface area (Å²) < 4.78 is 14.4. The number of rotatable bonds is 8. The number of nitrogens with zero attached hydrogens (tertiary/aromatic N) is 5. The van der Waals surface area contributed by atoms with Gasteiger partial charge in [-0.3, -0.25) is 13.8 Å². The number of thiophene rings is 1. The first-order valence-electron chi connectivity index (χ1n) is 9.73. The maximum Gasteiger partial charge on any atom is 0.262 e. The number of methoxy groups -OCH3 is 1. The van der Waals surface area contributed by atoms with Crippen molar-refractivity contribution in [3.63, 3.8) is 0 Å². The second-order valence-corrected chi connectivity index (χ2v) is 8.74. The first-order chi connectivity index (χ1) is 15.3. The van der Waals surface area contributed by atoms with Crippen molar-refractivity contribution in [2.45, 2.75) is 23.9 Å². The first kappa shape index (κ1) is 20.0. The first-order valence-corrected chi connectivity index (χ1v) is 11.6. The van der Waals surface area contributed by atoms with Crippen molar-refractivity contribution in [2.75, 3.05) is 13.7 Å². The van der Waals surface area contributed by atoms with Crippen molar-refractivity contribution in [1.29, 1.82) is 0 Å². The summed E-state index contributed by atoms with van der Waals surface area (Å²) in [6.45, 7) is 1.08. The highest BCUT2D eigenvalue weighted by atomic mass is 32.2. The molecular formula is C21H19N5O3S2. The zero-order chi connectivity index (χ0) is 21.2. The van der Waals surface area contributed by atoms with Crippen molar-refractivity contribution in [2.24, 2.45) is 0 Å². The standard InChI is InChI=1S/C21H19N5O3S2/c1-28-10-5-9-25-19(27)15-6-2-3-7-16(15)26-20(25)23-24-21(26)31-13-14-12-29-18(22-14)17-8-4-11-30-17/h2-4,6-8,11-12H,5,9-10,13H2,1H3. The number of oxazole rings is 1. The molecule has 5 aromatic rings. The Balaban J connectivity index is 1.50. The molecule has 10 heteroatoms. The third kappa shape index (κ3) is 3.78. The summed E-state index contributed by atoms with van der Waals surface area (Å²) in [6, 6.07) is 11.5. The summed E-state index contributed by atoms with van der Waals surface area (Å²) in [7, 11) is 1.65. The molecule has 0 bridgehead atoms. The molecule has 158 valence electrons.